The molecule has 1 saturated carbocycles. The number of hydrogen-bond donors (Lipinski definition) is 0. The van der Waals surface area contributed by atoms with Crippen LogP contribution in [-0.2, 0) is 12.6 Å². The van der Waals surface area contributed by atoms with E-state index in [0.717, 1.165) is 12.0 Å². The molecule has 2 unspecified atom stereocenters. The van der Waals surface area contributed by atoms with Gasteiger partial charge in [0.25, 0.3) is 0 Å². The minimum atomic E-state index is -4.25. The molecule has 1 aromatic carbocycles. The Morgan fingerprint density at radius 2 is 1.81 bits per heavy atom. The maximum absolute atomic E-state index is 12.6. The van der Waals surface area contributed by atoms with Gasteiger partial charge in [0.05, 0.1) is 5.56 Å². The van der Waals surface area contributed by atoms with Gasteiger partial charge in [0.15, 0.2) is 0 Å². The van der Waals surface area contributed by atoms with Crippen LogP contribution in [0.2, 0.25) is 0 Å². The third kappa shape index (κ3) is 4.24. The summed E-state index contributed by atoms with van der Waals surface area (Å²) in [6.07, 6.45) is 1.49. The maximum Gasteiger partial charge on any atom is 0.416 e. The highest BCUT2D eigenvalue weighted by Gasteiger charge is 2.36. The SMILES string of the molecule is CC1(C)CCCCC1C(Br)Cc1ccc(C(F)(F)F)cc1. The van der Waals surface area contributed by atoms with Crippen molar-refractivity contribution in [3.63, 3.8) is 0 Å². The summed E-state index contributed by atoms with van der Waals surface area (Å²) in [4.78, 5) is 0.324. The van der Waals surface area contributed by atoms with Crippen LogP contribution in [0.25, 0.3) is 0 Å². The Morgan fingerprint density at radius 1 is 1.19 bits per heavy atom. The number of benzene rings is 1. The zero-order valence-corrected chi connectivity index (χ0v) is 14.1. The summed E-state index contributed by atoms with van der Waals surface area (Å²) in [6, 6.07) is 5.57. The Bertz CT molecular complexity index is 462. The monoisotopic (exact) mass is 362 g/mol. The van der Waals surface area contributed by atoms with E-state index in [4.69, 9.17) is 0 Å². The Kier molecular flexibility index (Phi) is 5.07. The van der Waals surface area contributed by atoms with E-state index < -0.39 is 11.7 Å². The largest absolute Gasteiger partial charge is 0.416 e. The summed E-state index contributed by atoms with van der Waals surface area (Å²) in [5.41, 5.74) is 0.694. The molecule has 0 radical (unpaired) electrons. The Balaban J connectivity index is 2.04. The lowest BCUT2D eigenvalue weighted by Gasteiger charge is -2.41. The molecular weight excluding hydrogens is 341 g/mol. The van der Waals surface area contributed by atoms with Crippen molar-refractivity contribution in [1.82, 2.24) is 0 Å². The number of alkyl halides is 4. The third-order valence-electron chi connectivity index (χ3n) is 4.74. The lowest BCUT2D eigenvalue weighted by molar-refractivity contribution is -0.137. The molecule has 118 valence electrons. The maximum atomic E-state index is 12.6. The van der Waals surface area contributed by atoms with Crippen LogP contribution in [0.5, 0.6) is 0 Å². The molecule has 4 heteroatoms. The highest BCUT2D eigenvalue weighted by molar-refractivity contribution is 9.09. The zero-order valence-electron chi connectivity index (χ0n) is 12.5. The molecule has 0 nitrogen and oxygen atoms in total. The molecule has 0 bridgehead atoms. The first-order valence-electron chi connectivity index (χ1n) is 7.50. The van der Waals surface area contributed by atoms with Gasteiger partial charge in [-0.3, -0.25) is 0 Å². The second-order valence-electron chi connectivity index (χ2n) is 6.76. The van der Waals surface area contributed by atoms with Crippen molar-refractivity contribution in [1.29, 1.82) is 0 Å². The van der Waals surface area contributed by atoms with Gasteiger partial charge in [-0.25, -0.2) is 0 Å². The van der Waals surface area contributed by atoms with E-state index in [-0.39, 0.29) is 0 Å². The van der Waals surface area contributed by atoms with Crippen molar-refractivity contribution in [2.75, 3.05) is 0 Å². The second kappa shape index (κ2) is 6.31. The fraction of sp³-hybridized carbons (Fsp3) is 0.647. The molecule has 21 heavy (non-hydrogen) atoms. The molecule has 2 rings (SSSR count). The van der Waals surface area contributed by atoms with Crippen molar-refractivity contribution in [2.45, 2.75) is 57.0 Å². The van der Waals surface area contributed by atoms with Gasteiger partial charge >= 0.3 is 6.18 Å². The minimum Gasteiger partial charge on any atom is -0.166 e. The normalized spacial score (nSPS) is 23.8. The molecule has 1 aromatic rings. The van der Waals surface area contributed by atoms with Gasteiger partial charge in [-0.05, 0) is 48.3 Å². The molecule has 0 N–H and O–H groups in total. The van der Waals surface area contributed by atoms with Crippen LogP contribution < -0.4 is 0 Å². The van der Waals surface area contributed by atoms with E-state index in [0.29, 0.717) is 16.2 Å². The summed E-state index contributed by atoms with van der Waals surface area (Å²) in [5, 5.41) is 0. The first kappa shape index (κ1) is 16.9. The average Bonchev–Trinajstić information content (AvgIpc) is 2.37. The van der Waals surface area contributed by atoms with Crippen LogP contribution in [-0.4, -0.2) is 4.83 Å². The molecule has 1 aliphatic carbocycles. The van der Waals surface area contributed by atoms with Gasteiger partial charge in [-0.1, -0.05) is 54.8 Å². The van der Waals surface area contributed by atoms with Crippen molar-refractivity contribution in [2.24, 2.45) is 11.3 Å². The summed E-state index contributed by atoms with van der Waals surface area (Å²) in [5.74, 6) is 0.577. The van der Waals surface area contributed by atoms with Gasteiger partial charge in [-0.2, -0.15) is 13.2 Å². The summed E-state index contributed by atoms with van der Waals surface area (Å²) in [7, 11) is 0. The number of hydrogen-bond acceptors (Lipinski definition) is 0. The molecule has 0 amide bonds. The van der Waals surface area contributed by atoms with Crippen molar-refractivity contribution < 1.29 is 13.2 Å². The predicted molar refractivity (Wildman–Crippen MR) is 83.6 cm³/mol. The molecule has 0 aromatic heterocycles. The van der Waals surface area contributed by atoms with Crippen LogP contribution in [0.1, 0.15) is 50.7 Å². The van der Waals surface area contributed by atoms with Gasteiger partial charge in [0, 0.05) is 4.83 Å². The van der Waals surface area contributed by atoms with Crippen LogP contribution in [0.4, 0.5) is 13.2 Å². The molecule has 2 atom stereocenters. The van der Waals surface area contributed by atoms with E-state index in [2.05, 4.69) is 29.8 Å². The number of rotatable bonds is 3. The molecule has 0 aliphatic heterocycles. The first-order chi connectivity index (χ1) is 9.70. The predicted octanol–water partition coefficient (Wildman–Crippen LogP) is 6.23. The lowest BCUT2D eigenvalue weighted by atomic mass is 9.67. The van der Waals surface area contributed by atoms with Gasteiger partial charge in [0.1, 0.15) is 0 Å². The lowest BCUT2D eigenvalue weighted by Crippen LogP contribution is -2.35. The van der Waals surface area contributed by atoms with E-state index in [1.54, 1.807) is 12.1 Å². The standard InChI is InChI=1S/C17H22BrF3/c1-16(2)10-4-3-5-14(16)15(18)11-12-6-8-13(9-7-12)17(19,20)21/h6-9,14-15H,3-5,10-11H2,1-2H3. The topological polar surface area (TPSA) is 0 Å². The highest BCUT2D eigenvalue weighted by atomic mass is 79.9. The summed E-state index contributed by atoms with van der Waals surface area (Å²) >= 11 is 3.79. The molecular formula is C17H22BrF3. The van der Waals surface area contributed by atoms with E-state index in [1.165, 1.54) is 37.8 Å². The van der Waals surface area contributed by atoms with Gasteiger partial charge in [0.2, 0.25) is 0 Å². The number of halogens is 4. The molecule has 1 fully saturated rings. The smallest absolute Gasteiger partial charge is 0.166 e. The minimum absolute atomic E-state index is 0.304. The fourth-order valence-corrected chi connectivity index (χ4v) is 4.74. The molecule has 0 heterocycles. The Morgan fingerprint density at radius 3 is 2.33 bits per heavy atom. The van der Waals surface area contributed by atoms with Crippen LogP contribution in [0.15, 0.2) is 24.3 Å². The van der Waals surface area contributed by atoms with Gasteiger partial charge < -0.3 is 0 Å². The summed E-state index contributed by atoms with van der Waals surface area (Å²) in [6.45, 7) is 4.61. The summed E-state index contributed by atoms with van der Waals surface area (Å²) < 4.78 is 37.7. The highest BCUT2D eigenvalue weighted by Crippen LogP contribution is 2.45. The third-order valence-corrected chi connectivity index (χ3v) is 5.70. The Hall–Kier alpha value is -0.510. The molecule has 0 saturated heterocycles. The van der Waals surface area contributed by atoms with E-state index in [9.17, 15) is 13.2 Å². The Labute approximate surface area is 133 Å². The van der Waals surface area contributed by atoms with Crippen molar-refractivity contribution in [3.05, 3.63) is 35.4 Å². The van der Waals surface area contributed by atoms with Gasteiger partial charge in [-0.15, -0.1) is 0 Å². The molecule has 0 spiro atoms. The van der Waals surface area contributed by atoms with E-state index in [1.807, 2.05) is 0 Å². The second-order valence-corrected chi connectivity index (χ2v) is 7.93. The molecule has 1 aliphatic rings. The fourth-order valence-electron chi connectivity index (χ4n) is 3.39. The average molecular weight is 363 g/mol. The van der Waals surface area contributed by atoms with E-state index >= 15 is 0 Å². The van der Waals surface area contributed by atoms with Crippen molar-refractivity contribution in [3.8, 4) is 0 Å². The zero-order chi connectivity index (χ0) is 15.7. The first-order valence-corrected chi connectivity index (χ1v) is 8.42. The van der Waals surface area contributed by atoms with Crippen LogP contribution in [0.3, 0.4) is 0 Å². The van der Waals surface area contributed by atoms with Crippen LogP contribution >= 0.6 is 15.9 Å². The van der Waals surface area contributed by atoms with Crippen molar-refractivity contribution >= 4 is 15.9 Å². The van der Waals surface area contributed by atoms with Crippen LogP contribution in [0, 0.1) is 11.3 Å². The quantitative estimate of drug-likeness (QED) is 0.559.